The third-order valence-corrected chi connectivity index (χ3v) is 2.02. The average Bonchev–Trinajstić information content (AvgIpc) is 2.30. The molecule has 2 nitrogen and oxygen atoms in total. The molecule has 13 heavy (non-hydrogen) atoms. The average molecular weight is 213 g/mol. The summed E-state index contributed by atoms with van der Waals surface area (Å²) in [7, 11) is 0. The lowest BCUT2D eigenvalue weighted by molar-refractivity contribution is -0.0332. The number of aryl methyl sites for hydroxylation is 1. The molecule has 0 aromatic carbocycles. The van der Waals surface area contributed by atoms with E-state index < -0.39 is 28.1 Å². The van der Waals surface area contributed by atoms with E-state index in [1.165, 1.54) is 0 Å². The molecule has 0 saturated carbocycles. The highest BCUT2D eigenvalue weighted by Gasteiger charge is 2.33. The second-order valence-electron chi connectivity index (χ2n) is 2.09. The van der Waals surface area contributed by atoms with Crippen LogP contribution in [0.5, 0.6) is 0 Å². The zero-order valence-corrected chi connectivity index (χ0v) is 7.34. The third kappa shape index (κ3) is 2.61. The second kappa shape index (κ2) is 3.57. The number of rotatable bonds is 2. The van der Waals surface area contributed by atoms with Gasteiger partial charge < -0.3 is 0 Å². The van der Waals surface area contributed by atoms with Gasteiger partial charge in [-0.15, -0.1) is 0 Å². The van der Waals surface area contributed by atoms with Gasteiger partial charge in [-0.05, 0) is 6.92 Å². The minimum Gasteiger partial charge on any atom is -0.255 e. The summed E-state index contributed by atoms with van der Waals surface area (Å²) >= 11 is -0.521. The van der Waals surface area contributed by atoms with Gasteiger partial charge >= 0.3 is 5.51 Å². The van der Waals surface area contributed by atoms with Gasteiger partial charge in [-0.1, -0.05) is 0 Å². The van der Waals surface area contributed by atoms with Crippen molar-refractivity contribution in [3.05, 3.63) is 12.0 Å². The zero-order valence-electron chi connectivity index (χ0n) is 6.52. The van der Waals surface area contributed by atoms with Crippen LogP contribution in [0.3, 0.4) is 0 Å². The lowest BCUT2D eigenvalue weighted by Crippen LogP contribution is -2.05. The van der Waals surface area contributed by atoms with Crippen molar-refractivity contribution in [2.45, 2.75) is 24.0 Å². The van der Waals surface area contributed by atoms with Crippen LogP contribution in [-0.2, 0) is 6.54 Å². The van der Waals surface area contributed by atoms with Crippen molar-refractivity contribution in [2.24, 2.45) is 0 Å². The first-order chi connectivity index (χ1) is 5.94. The highest BCUT2D eigenvalue weighted by Crippen LogP contribution is 2.37. The molecular weight excluding hydrogens is 208 g/mol. The van der Waals surface area contributed by atoms with Crippen molar-refractivity contribution in [3.63, 3.8) is 0 Å². The van der Waals surface area contributed by atoms with Crippen LogP contribution < -0.4 is 0 Å². The fourth-order valence-corrected chi connectivity index (χ4v) is 1.36. The molecule has 0 aliphatic heterocycles. The molecule has 0 bridgehead atoms. The van der Waals surface area contributed by atoms with E-state index in [0.717, 1.165) is 4.68 Å². The Morgan fingerprint density at radius 3 is 2.62 bits per heavy atom. The predicted molar refractivity (Wildman–Crippen MR) is 38.6 cm³/mol. The summed E-state index contributed by atoms with van der Waals surface area (Å²) < 4.78 is 49.1. The Hall–Kier alpha value is -0.720. The fourth-order valence-electron chi connectivity index (χ4n) is 0.732. The van der Waals surface area contributed by atoms with Crippen molar-refractivity contribution < 1.29 is 17.6 Å². The van der Waals surface area contributed by atoms with E-state index in [4.69, 9.17) is 0 Å². The Balaban J connectivity index is 2.92. The maximum absolute atomic E-state index is 12.7. The van der Waals surface area contributed by atoms with Crippen molar-refractivity contribution in [3.8, 4) is 0 Å². The maximum atomic E-state index is 12.7. The van der Waals surface area contributed by atoms with Crippen LogP contribution in [-0.4, -0.2) is 15.3 Å². The SMILES string of the molecule is CCn1n[c]c(F)c1SC(F)(F)F. The minimum atomic E-state index is -4.50. The maximum Gasteiger partial charge on any atom is 0.447 e. The van der Waals surface area contributed by atoms with Crippen molar-refractivity contribution in [2.75, 3.05) is 0 Å². The first kappa shape index (κ1) is 10.4. The van der Waals surface area contributed by atoms with Gasteiger partial charge in [0.25, 0.3) is 0 Å². The van der Waals surface area contributed by atoms with Gasteiger partial charge in [0.05, 0.1) is 0 Å². The highest BCUT2D eigenvalue weighted by molar-refractivity contribution is 8.00. The molecular formula is C6H5F4N2S. The Morgan fingerprint density at radius 1 is 1.54 bits per heavy atom. The molecule has 0 amide bonds. The topological polar surface area (TPSA) is 17.8 Å². The molecule has 0 saturated heterocycles. The van der Waals surface area contributed by atoms with Crippen LogP contribution in [0.25, 0.3) is 0 Å². The number of halogens is 4. The molecule has 7 heteroatoms. The smallest absolute Gasteiger partial charge is 0.255 e. The normalized spacial score (nSPS) is 12.1. The summed E-state index contributed by atoms with van der Waals surface area (Å²) in [6.45, 7) is 1.75. The molecule has 1 heterocycles. The molecule has 1 aromatic heterocycles. The highest BCUT2D eigenvalue weighted by atomic mass is 32.2. The molecule has 1 rings (SSSR count). The minimum absolute atomic E-state index is 0.179. The molecule has 0 atom stereocenters. The van der Waals surface area contributed by atoms with Gasteiger partial charge in [0.2, 0.25) is 0 Å². The quantitative estimate of drug-likeness (QED) is 0.554. The number of alkyl halides is 3. The van der Waals surface area contributed by atoms with E-state index in [1.54, 1.807) is 6.92 Å². The molecule has 0 aliphatic carbocycles. The predicted octanol–water partition coefficient (Wildman–Crippen LogP) is 2.45. The van der Waals surface area contributed by atoms with Crippen LogP contribution in [0.15, 0.2) is 5.03 Å². The van der Waals surface area contributed by atoms with Crippen molar-refractivity contribution >= 4 is 11.8 Å². The Bertz CT molecular complexity index is 293. The van der Waals surface area contributed by atoms with Crippen molar-refractivity contribution in [1.29, 1.82) is 0 Å². The summed E-state index contributed by atoms with van der Waals surface area (Å²) in [6.07, 6.45) is 1.84. The van der Waals surface area contributed by atoms with Gasteiger partial charge in [-0.3, -0.25) is 4.68 Å². The molecule has 0 fully saturated rings. The molecule has 0 N–H and O–H groups in total. The molecule has 0 unspecified atom stereocenters. The molecule has 0 spiro atoms. The largest absolute Gasteiger partial charge is 0.447 e. The summed E-state index contributed by atoms with van der Waals surface area (Å²) in [4.78, 5) is 0. The van der Waals surface area contributed by atoms with Crippen LogP contribution in [0, 0.1) is 12.0 Å². The van der Waals surface area contributed by atoms with E-state index in [0.29, 0.717) is 0 Å². The van der Waals surface area contributed by atoms with E-state index in [-0.39, 0.29) is 6.54 Å². The number of nitrogens with zero attached hydrogens (tertiary/aromatic N) is 2. The van der Waals surface area contributed by atoms with E-state index in [1.807, 2.05) is 6.20 Å². The Kier molecular flexibility index (Phi) is 2.84. The van der Waals surface area contributed by atoms with Gasteiger partial charge in [0, 0.05) is 18.3 Å². The van der Waals surface area contributed by atoms with Gasteiger partial charge in [0.1, 0.15) is 5.03 Å². The summed E-state index contributed by atoms with van der Waals surface area (Å²) in [5.41, 5.74) is -4.50. The molecule has 0 aliphatic rings. The standard InChI is InChI=1S/C6H5F4N2S/c1-2-12-5(4(7)3-11-12)13-6(8,9)10/h2H2,1H3. The van der Waals surface area contributed by atoms with Gasteiger partial charge in [-0.25, -0.2) is 4.39 Å². The lowest BCUT2D eigenvalue weighted by atomic mass is 10.7. The monoisotopic (exact) mass is 213 g/mol. The molecule has 1 radical (unpaired) electrons. The third-order valence-electron chi connectivity index (χ3n) is 1.20. The van der Waals surface area contributed by atoms with Gasteiger partial charge in [-0.2, -0.15) is 18.3 Å². The second-order valence-corrected chi connectivity index (χ2v) is 3.15. The Labute approximate surface area is 75.9 Å². The first-order valence-electron chi connectivity index (χ1n) is 3.33. The number of hydrogen-bond donors (Lipinski definition) is 0. The van der Waals surface area contributed by atoms with Gasteiger partial charge in [0.15, 0.2) is 12.0 Å². The number of hydrogen-bond acceptors (Lipinski definition) is 2. The molecule has 73 valence electrons. The van der Waals surface area contributed by atoms with Crippen LogP contribution in [0.1, 0.15) is 6.92 Å². The lowest BCUT2D eigenvalue weighted by Gasteiger charge is -2.06. The van der Waals surface area contributed by atoms with Crippen LogP contribution in [0.4, 0.5) is 17.6 Å². The Morgan fingerprint density at radius 2 is 2.15 bits per heavy atom. The first-order valence-corrected chi connectivity index (χ1v) is 4.15. The summed E-state index contributed by atoms with van der Waals surface area (Å²) in [5.74, 6) is -1.07. The van der Waals surface area contributed by atoms with E-state index in [2.05, 4.69) is 5.10 Å². The molecule has 1 aromatic rings. The van der Waals surface area contributed by atoms with Crippen LogP contribution >= 0.6 is 11.8 Å². The van der Waals surface area contributed by atoms with Crippen molar-refractivity contribution in [1.82, 2.24) is 9.78 Å². The summed E-state index contributed by atoms with van der Waals surface area (Å²) in [5, 5.41) is 2.77. The fraction of sp³-hybridized carbons (Fsp3) is 0.500. The van der Waals surface area contributed by atoms with Crippen LogP contribution in [0.2, 0.25) is 0 Å². The zero-order chi connectivity index (χ0) is 10.1. The number of thioether (sulfide) groups is 1. The van der Waals surface area contributed by atoms with E-state index >= 15 is 0 Å². The van der Waals surface area contributed by atoms with E-state index in [9.17, 15) is 17.6 Å². The summed E-state index contributed by atoms with van der Waals surface area (Å²) in [6, 6.07) is 0. The number of aromatic nitrogens is 2.